The van der Waals surface area contributed by atoms with Gasteiger partial charge < -0.3 is 10.2 Å². The van der Waals surface area contributed by atoms with Crippen LogP contribution >= 0.6 is 11.6 Å². The summed E-state index contributed by atoms with van der Waals surface area (Å²) in [6.45, 7) is 3.56. The van der Waals surface area contributed by atoms with E-state index >= 15 is 0 Å². The molecule has 1 aromatic rings. The molecule has 2 aliphatic rings. The van der Waals surface area contributed by atoms with Crippen molar-refractivity contribution in [2.45, 2.75) is 51.9 Å². The lowest BCUT2D eigenvalue weighted by molar-refractivity contribution is -0.151. The van der Waals surface area contributed by atoms with Crippen LogP contribution in [0.5, 0.6) is 0 Å². The molecule has 4 nitrogen and oxygen atoms in total. The Morgan fingerprint density at radius 1 is 1.07 bits per heavy atom. The predicted octanol–water partition coefficient (Wildman–Crippen LogP) is 5.44. The van der Waals surface area contributed by atoms with E-state index in [9.17, 15) is 19.8 Å². The van der Waals surface area contributed by atoms with Crippen molar-refractivity contribution in [3.8, 4) is 0 Å². The van der Waals surface area contributed by atoms with Gasteiger partial charge in [0.05, 0.1) is 0 Å². The maximum atomic E-state index is 12.8. The fourth-order valence-electron chi connectivity index (χ4n) is 4.92. The minimum atomic E-state index is -1.30. The van der Waals surface area contributed by atoms with Crippen LogP contribution in [0, 0.1) is 11.3 Å². The molecular weight excluding hydrogens is 364 g/mol. The van der Waals surface area contributed by atoms with Crippen LogP contribution in [0.2, 0.25) is 5.02 Å². The van der Waals surface area contributed by atoms with E-state index in [1.165, 1.54) is 0 Å². The SMILES string of the molecule is CC1=CC(C(=O)O)(C2CCCCC2)C(c2ccccc2Cl)C(C(=O)O)=C1C. The van der Waals surface area contributed by atoms with Crippen LogP contribution in [0.3, 0.4) is 0 Å². The maximum Gasteiger partial charge on any atom is 0.332 e. The van der Waals surface area contributed by atoms with Crippen LogP contribution in [0.4, 0.5) is 0 Å². The molecule has 144 valence electrons. The summed E-state index contributed by atoms with van der Waals surface area (Å²) < 4.78 is 0. The van der Waals surface area contributed by atoms with E-state index in [0.29, 0.717) is 16.2 Å². The zero-order valence-corrected chi connectivity index (χ0v) is 16.4. The zero-order valence-electron chi connectivity index (χ0n) is 15.7. The lowest BCUT2D eigenvalue weighted by atomic mass is 9.55. The number of carboxylic acid groups (broad SMARTS) is 2. The molecule has 0 spiro atoms. The second-order valence-electron chi connectivity index (χ2n) is 7.70. The standard InChI is InChI=1S/C22H25ClO4/c1-13-12-22(21(26)27,15-8-4-3-5-9-15)19(18(14(13)2)20(24)25)16-10-6-7-11-17(16)23/h6-7,10-12,15,19H,3-5,8-9H2,1-2H3,(H,24,25)(H,26,27). The molecule has 2 atom stereocenters. The summed E-state index contributed by atoms with van der Waals surface area (Å²) in [4.78, 5) is 25.1. The summed E-state index contributed by atoms with van der Waals surface area (Å²) in [5.74, 6) is -2.98. The minimum Gasteiger partial charge on any atom is -0.481 e. The molecule has 0 heterocycles. The first-order valence-electron chi connectivity index (χ1n) is 9.42. The molecule has 0 bridgehead atoms. The maximum absolute atomic E-state index is 12.8. The van der Waals surface area contributed by atoms with Gasteiger partial charge >= 0.3 is 11.9 Å². The molecule has 2 aliphatic carbocycles. The van der Waals surface area contributed by atoms with Crippen molar-refractivity contribution in [1.82, 2.24) is 0 Å². The summed E-state index contributed by atoms with van der Waals surface area (Å²) in [5.41, 5.74) is 0.774. The molecule has 1 saturated carbocycles. The van der Waals surface area contributed by atoms with Gasteiger partial charge in [-0.3, -0.25) is 4.79 Å². The van der Waals surface area contributed by atoms with E-state index in [2.05, 4.69) is 0 Å². The van der Waals surface area contributed by atoms with Crippen LogP contribution in [-0.2, 0) is 9.59 Å². The molecule has 1 fully saturated rings. The molecule has 5 heteroatoms. The Kier molecular flexibility index (Phi) is 5.48. The monoisotopic (exact) mass is 388 g/mol. The molecule has 1 aromatic carbocycles. The third-order valence-electron chi connectivity index (χ3n) is 6.31. The Morgan fingerprint density at radius 3 is 2.26 bits per heavy atom. The van der Waals surface area contributed by atoms with E-state index in [4.69, 9.17) is 11.6 Å². The number of carbonyl (C=O) groups is 2. The molecular formula is C22H25ClO4. The molecule has 0 aliphatic heterocycles. The van der Waals surface area contributed by atoms with Crippen LogP contribution in [0.25, 0.3) is 0 Å². The molecule has 27 heavy (non-hydrogen) atoms. The van der Waals surface area contributed by atoms with Gasteiger partial charge in [-0.05, 0) is 49.8 Å². The fourth-order valence-corrected chi connectivity index (χ4v) is 5.16. The second-order valence-corrected chi connectivity index (χ2v) is 8.11. The second kappa shape index (κ2) is 7.51. The van der Waals surface area contributed by atoms with E-state index in [1.54, 1.807) is 37.3 Å². The molecule has 0 saturated heterocycles. The molecule has 0 amide bonds. The molecule has 2 N–H and O–H groups in total. The first-order chi connectivity index (χ1) is 12.8. The van der Waals surface area contributed by atoms with Crippen LogP contribution in [0.15, 0.2) is 47.1 Å². The zero-order chi connectivity index (χ0) is 19.8. The number of benzene rings is 1. The van der Waals surface area contributed by atoms with Gasteiger partial charge in [0.25, 0.3) is 0 Å². The largest absolute Gasteiger partial charge is 0.481 e. The van der Waals surface area contributed by atoms with Crippen molar-refractivity contribution in [1.29, 1.82) is 0 Å². The van der Waals surface area contributed by atoms with Gasteiger partial charge in [-0.25, -0.2) is 4.79 Å². The van der Waals surface area contributed by atoms with Gasteiger partial charge in [-0.15, -0.1) is 0 Å². The molecule has 2 unspecified atom stereocenters. The van der Waals surface area contributed by atoms with Crippen LogP contribution in [0.1, 0.15) is 57.4 Å². The van der Waals surface area contributed by atoms with Gasteiger partial charge in [0.1, 0.15) is 5.41 Å². The topological polar surface area (TPSA) is 74.6 Å². The Morgan fingerprint density at radius 2 is 1.70 bits per heavy atom. The number of carboxylic acids is 2. The lowest BCUT2D eigenvalue weighted by Crippen LogP contribution is -2.47. The molecule has 3 rings (SSSR count). The van der Waals surface area contributed by atoms with Crippen molar-refractivity contribution < 1.29 is 19.8 Å². The smallest absolute Gasteiger partial charge is 0.332 e. The van der Waals surface area contributed by atoms with Crippen LogP contribution in [-0.4, -0.2) is 22.2 Å². The number of hydrogen-bond acceptors (Lipinski definition) is 2. The number of aliphatic carboxylic acids is 2. The van der Waals surface area contributed by atoms with E-state index in [0.717, 1.165) is 37.7 Å². The summed E-state index contributed by atoms with van der Waals surface area (Å²) >= 11 is 6.45. The van der Waals surface area contributed by atoms with E-state index < -0.39 is 23.3 Å². The normalized spacial score (nSPS) is 26.6. The quantitative estimate of drug-likeness (QED) is 0.720. The third kappa shape index (κ3) is 3.20. The van der Waals surface area contributed by atoms with Crippen molar-refractivity contribution in [3.05, 3.63) is 57.6 Å². The highest BCUT2D eigenvalue weighted by atomic mass is 35.5. The number of halogens is 1. The van der Waals surface area contributed by atoms with Crippen LogP contribution < -0.4 is 0 Å². The summed E-state index contributed by atoms with van der Waals surface area (Å²) in [6.07, 6.45) is 6.39. The van der Waals surface area contributed by atoms with E-state index in [-0.39, 0.29) is 11.5 Å². The van der Waals surface area contributed by atoms with Crippen molar-refractivity contribution in [2.24, 2.45) is 11.3 Å². The number of rotatable bonds is 4. The van der Waals surface area contributed by atoms with Gasteiger partial charge in [-0.1, -0.05) is 60.7 Å². The highest BCUT2D eigenvalue weighted by molar-refractivity contribution is 6.31. The average Bonchev–Trinajstić information content (AvgIpc) is 2.64. The molecule has 0 aromatic heterocycles. The Labute approximate surface area is 164 Å². The van der Waals surface area contributed by atoms with Crippen molar-refractivity contribution in [2.75, 3.05) is 0 Å². The average molecular weight is 389 g/mol. The third-order valence-corrected chi connectivity index (χ3v) is 6.66. The number of hydrogen-bond donors (Lipinski definition) is 2. The van der Waals surface area contributed by atoms with Gasteiger partial charge in [-0.2, -0.15) is 0 Å². The van der Waals surface area contributed by atoms with E-state index in [1.807, 2.05) is 6.92 Å². The Balaban J connectivity index is 2.33. The fraction of sp³-hybridized carbons (Fsp3) is 0.455. The van der Waals surface area contributed by atoms with Gasteiger partial charge in [0.2, 0.25) is 0 Å². The predicted molar refractivity (Wildman–Crippen MR) is 105 cm³/mol. The number of allylic oxidation sites excluding steroid dienone is 2. The highest BCUT2D eigenvalue weighted by Gasteiger charge is 2.55. The molecule has 0 radical (unpaired) electrons. The Hall–Kier alpha value is -2.07. The van der Waals surface area contributed by atoms with Crippen molar-refractivity contribution >= 4 is 23.5 Å². The van der Waals surface area contributed by atoms with Gasteiger partial charge in [0, 0.05) is 16.5 Å². The first kappa shape index (κ1) is 19.7. The minimum absolute atomic E-state index is 0.123. The van der Waals surface area contributed by atoms with Gasteiger partial charge in [0.15, 0.2) is 0 Å². The summed E-state index contributed by atoms with van der Waals surface area (Å²) in [5, 5.41) is 20.9. The lowest BCUT2D eigenvalue weighted by Gasteiger charge is -2.46. The summed E-state index contributed by atoms with van der Waals surface area (Å²) in [6, 6.07) is 7.02. The van der Waals surface area contributed by atoms with Crippen molar-refractivity contribution in [3.63, 3.8) is 0 Å². The highest BCUT2D eigenvalue weighted by Crippen LogP contribution is 2.57. The Bertz CT molecular complexity index is 832. The first-order valence-corrected chi connectivity index (χ1v) is 9.80. The summed E-state index contributed by atoms with van der Waals surface area (Å²) in [7, 11) is 0.